The van der Waals surface area contributed by atoms with Gasteiger partial charge in [0.05, 0.1) is 0 Å². The van der Waals surface area contributed by atoms with Gasteiger partial charge < -0.3 is 5.32 Å². The van der Waals surface area contributed by atoms with Gasteiger partial charge in [-0.1, -0.05) is 36.4 Å². The molecule has 0 aliphatic carbocycles. The lowest BCUT2D eigenvalue weighted by molar-refractivity contribution is 0.102. The Bertz CT molecular complexity index is 1210. The fourth-order valence-electron chi connectivity index (χ4n) is 3.13. The summed E-state index contributed by atoms with van der Waals surface area (Å²) in [5.41, 5.74) is 3.31. The van der Waals surface area contributed by atoms with E-state index >= 15 is 0 Å². The predicted molar refractivity (Wildman–Crippen MR) is 112 cm³/mol. The average molecular weight is 401 g/mol. The number of hydrogen-bond donors (Lipinski definition) is 1. The number of hydrogen-bond acceptors (Lipinski definition) is 3. The van der Waals surface area contributed by atoms with E-state index in [2.05, 4.69) is 15.3 Å². The number of carbonyl (C=O) groups is 1. The van der Waals surface area contributed by atoms with Gasteiger partial charge in [-0.2, -0.15) is 4.39 Å². The summed E-state index contributed by atoms with van der Waals surface area (Å²) in [5, 5.41) is 2.32. The van der Waals surface area contributed by atoms with Crippen molar-refractivity contribution in [3.05, 3.63) is 102 Å². The fourth-order valence-corrected chi connectivity index (χ4v) is 3.13. The molecular weight excluding hydrogens is 384 g/mol. The molecule has 0 unspecified atom stereocenters. The zero-order valence-electron chi connectivity index (χ0n) is 16.1. The SMILES string of the molecule is Cc1ccc(-c2cccnc2)cc1-c1cnc(NC(=O)c2ccccc2)c(F)c1F. The van der Waals surface area contributed by atoms with E-state index in [1.54, 1.807) is 54.9 Å². The molecule has 0 radical (unpaired) electrons. The maximum atomic E-state index is 14.9. The zero-order valence-corrected chi connectivity index (χ0v) is 16.1. The van der Waals surface area contributed by atoms with E-state index in [9.17, 15) is 13.6 Å². The van der Waals surface area contributed by atoms with Gasteiger partial charge in [-0.15, -0.1) is 0 Å². The summed E-state index contributed by atoms with van der Waals surface area (Å²) in [5.74, 6) is -3.29. The number of aromatic nitrogens is 2. The van der Waals surface area contributed by atoms with Gasteiger partial charge in [0.15, 0.2) is 11.6 Å². The molecule has 148 valence electrons. The van der Waals surface area contributed by atoms with Crippen LogP contribution in [-0.2, 0) is 0 Å². The van der Waals surface area contributed by atoms with Crippen LogP contribution in [0.3, 0.4) is 0 Å². The van der Waals surface area contributed by atoms with Crippen molar-refractivity contribution in [1.82, 2.24) is 9.97 Å². The second-order valence-corrected chi connectivity index (χ2v) is 6.74. The van der Waals surface area contributed by atoms with Crippen molar-refractivity contribution in [2.24, 2.45) is 0 Å². The highest BCUT2D eigenvalue weighted by atomic mass is 19.2. The Morgan fingerprint density at radius 3 is 2.40 bits per heavy atom. The second kappa shape index (κ2) is 8.21. The average Bonchev–Trinajstić information content (AvgIpc) is 2.79. The number of anilines is 1. The largest absolute Gasteiger partial charge is 0.304 e. The number of pyridine rings is 2. The van der Waals surface area contributed by atoms with E-state index in [0.717, 1.165) is 16.7 Å². The molecule has 4 nitrogen and oxygen atoms in total. The Hall–Kier alpha value is -3.93. The molecule has 0 fully saturated rings. The summed E-state index contributed by atoms with van der Waals surface area (Å²) in [6.07, 6.45) is 4.60. The van der Waals surface area contributed by atoms with E-state index in [-0.39, 0.29) is 5.56 Å². The van der Waals surface area contributed by atoms with Gasteiger partial charge in [-0.3, -0.25) is 9.78 Å². The third-order valence-electron chi connectivity index (χ3n) is 4.75. The van der Waals surface area contributed by atoms with Gasteiger partial charge >= 0.3 is 0 Å². The number of carbonyl (C=O) groups excluding carboxylic acids is 1. The molecule has 0 bridgehead atoms. The maximum Gasteiger partial charge on any atom is 0.256 e. The monoisotopic (exact) mass is 401 g/mol. The normalized spacial score (nSPS) is 10.6. The first-order valence-electron chi connectivity index (χ1n) is 9.26. The first-order valence-corrected chi connectivity index (χ1v) is 9.26. The summed E-state index contributed by atoms with van der Waals surface area (Å²) in [6.45, 7) is 1.81. The molecule has 0 saturated carbocycles. The molecule has 0 aliphatic rings. The summed E-state index contributed by atoms with van der Waals surface area (Å²) in [7, 11) is 0. The van der Waals surface area contributed by atoms with E-state index in [1.165, 1.54) is 6.20 Å². The van der Waals surface area contributed by atoms with Gasteiger partial charge in [0.1, 0.15) is 0 Å². The van der Waals surface area contributed by atoms with Crippen molar-refractivity contribution in [3.63, 3.8) is 0 Å². The van der Waals surface area contributed by atoms with Crippen molar-refractivity contribution in [2.45, 2.75) is 6.92 Å². The molecule has 0 aliphatic heterocycles. The molecule has 2 heterocycles. The summed E-state index contributed by atoms with van der Waals surface area (Å²) in [6, 6.07) is 17.5. The number of benzene rings is 2. The van der Waals surface area contributed by atoms with Crippen molar-refractivity contribution in [3.8, 4) is 22.3 Å². The van der Waals surface area contributed by atoms with Gasteiger partial charge in [0, 0.05) is 35.3 Å². The van der Waals surface area contributed by atoms with Crippen molar-refractivity contribution in [1.29, 1.82) is 0 Å². The second-order valence-electron chi connectivity index (χ2n) is 6.74. The van der Waals surface area contributed by atoms with Crippen LogP contribution in [0.1, 0.15) is 15.9 Å². The molecule has 1 amide bonds. The van der Waals surface area contributed by atoms with E-state index < -0.39 is 23.4 Å². The van der Waals surface area contributed by atoms with Crippen LogP contribution in [0.2, 0.25) is 0 Å². The van der Waals surface area contributed by atoms with Crippen LogP contribution in [0.25, 0.3) is 22.3 Å². The topological polar surface area (TPSA) is 54.9 Å². The van der Waals surface area contributed by atoms with Crippen LogP contribution in [0.15, 0.2) is 79.3 Å². The smallest absolute Gasteiger partial charge is 0.256 e. The molecule has 4 aromatic rings. The lowest BCUT2D eigenvalue weighted by Crippen LogP contribution is -2.15. The highest BCUT2D eigenvalue weighted by Crippen LogP contribution is 2.32. The Balaban J connectivity index is 1.70. The highest BCUT2D eigenvalue weighted by Gasteiger charge is 2.19. The Labute approximate surface area is 172 Å². The van der Waals surface area contributed by atoms with Crippen molar-refractivity contribution >= 4 is 11.7 Å². The third kappa shape index (κ3) is 3.80. The van der Waals surface area contributed by atoms with E-state index in [1.807, 2.05) is 25.1 Å². The Morgan fingerprint density at radius 1 is 0.867 bits per heavy atom. The molecule has 2 aromatic heterocycles. The predicted octanol–water partition coefficient (Wildman–Crippen LogP) is 5.65. The fraction of sp³-hybridized carbons (Fsp3) is 0.0417. The van der Waals surface area contributed by atoms with Crippen LogP contribution in [0.4, 0.5) is 14.6 Å². The highest BCUT2D eigenvalue weighted by molar-refractivity contribution is 6.03. The third-order valence-corrected chi connectivity index (χ3v) is 4.75. The number of rotatable bonds is 4. The van der Waals surface area contributed by atoms with Gasteiger partial charge in [-0.25, -0.2) is 9.37 Å². The Kier molecular flexibility index (Phi) is 5.30. The Morgan fingerprint density at radius 2 is 1.67 bits per heavy atom. The van der Waals surface area contributed by atoms with Gasteiger partial charge in [0.2, 0.25) is 5.82 Å². The van der Waals surface area contributed by atoms with Crippen LogP contribution in [-0.4, -0.2) is 15.9 Å². The summed E-state index contributed by atoms with van der Waals surface area (Å²) in [4.78, 5) is 20.3. The lowest BCUT2D eigenvalue weighted by atomic mass is 9.96. The molecular formula is C24H17F2N3O. The molecule has 0 atom stereocenters. The standard InChI is InChI=1S/C24H17F2N3O/c1-15-9-10-17(18-8-5-11-27-13-18)12-19(15)20-14-28-23(22(26)21(20)25)29-24(30)16-6-3-2-4-7-16/h2-14H,1H3,(H,28,29,30). The molecule has 0 saturated heterocycles. The van der Waals surface area contributed by atoms with Crippen molar-refractivity contribution in [2.75, 3.05) is 5.32 Å². The van der Waals surface area contributed by atoms with Crippen LogP contribution in [0, 0.1) is 18.6 Å². The first kappa shape index (κ1) is 19.4. The number of halogens is 2. The minimum atomic E-state index is -1.21. The van der Waals surface area contributed by atoms with Crippen LogP contribution >= 0.6 is 0 Å². The molecule has 30 heavy (non-hydrogen) atoms. The quantitative estimate of drug-likeness (QED) is 0.481. The molecule has 1 N–H and O–H groups in total. The van der Waals surface area contributed by atoms with Crippen LogP contribution in [0.5, 0.6) is 0 Å². The first-order chi connectivity index (χ1) is 14.5. The maximum absolute atomic E-state index is 14.9. The number of aryl methyl sites for hydroxylation is 1. The molecule has 0 spiro atoms. The summed E-state index contributed by atoms with van der Waals surface area (Å²) < 4.78 is 29.7. The minimum Gasteiger partial charge on any atom is -0.304 e. The number of nitrogens with zero attached hydrogens (tertiary/aromatic N) is 2. The van der Waals surface area contributed by atoms with Crippen LogP contribution < -0.4 is 5.32 Å². The van der Waals surface area contributed by atoms with Gasteiger partial charge in [0.25, 0.3) is 5.91 Å². The van der Waals surface area contributed by atoms with Gasteiger partial charge in [-0.05, 0) is 47.9 Å². The minimum absolute atomic E-state index is 0.0217. The number of amides is 1. The molecule has 2 aromatic carbocycles. The number of nitrogens with one attached hydrogen (secondary N) is 1. The lowest BCUT2D eigenvalue weighted by Gasteiger charge is -2.12. The molecule has 6 heteroatoms. The zero-order chi connectivity index (χ0) is 21.1. The summed E-state index contributed by atoms with van der Waals surface area (Å²) >= 11 is 0. The van der Waals surface area contributed by atoms with E-state index in [0.29, 0.717) is 11.1 Å². The van der Waals surface area contributed by atoms with Crippen molar-refractivity contribution < 1.29 is 13.6 Å². The van der Waals surface area contributed by atoms with E-state index in [4.69, 9.17) is 0 Å². The molecule has 4 rings (SSSR count).